The van der Waals surface area contributed by atoms with Gasteiger partial charge in [-0.2, -0.15) is 0 Å². The van der Waals surface area contributed by atoms with Crippen LogP contribution in [0.5, 0.6) is 0 Å². The van der Waals surface area contributed by atoms with E-state index in [2.05, 4.69) is 47.8 Å². The van der Waals surface area contributed by atoms with Crippen molar-refractivity contribution in [2.24, 2.45) is 0 Å². The number of likely N-dealkylation sites (N-methyl/N-ethyl adjacent to an activating group) is 1. The van der Waals surface area contributed by atoms with Crippen LogP contribution in [0.1, 0.15) is 22.7 Å². The summed E-state index contributed by atoms with van der Waals surface area (Å²) >= 11 is 9.50. The van der Waals surface area contributed by atoms with Gasteiger partial charge < -0.3 is 10.2 Å². The van der Waals surface area contributed by atoms with Crippen molar-refractivity contribution < 1.29 is 0 Å². The third kappa shape index (κ3) is 4.29. The molecule has 2 aromatic rings. The summed E-state index contributed by atoms with van der Waals surface area (Å²) in [6, 6.07) is 8.64. The Balaban J connectivity index is 2.03. The van der Waals surface area contributed by atoms with E-state index in [1.165, 1.54) is 9.75 Å². The zero-order valence-electron chi connectivity index (χ0n) is 11.2. The summed E-state index contributed by atoms with van der Waals surface area (Å²) in [7, 11) is 2.14. The summed E-state index contributed by atoms with van der Waals surface area (Å²) in [4.78, 5) is 4.93. The van der Waals surface area contributed by atoms with Crippen molar-refractivity contribution in [3.05, 3.63) is 43.7 Å². The van der Waals surface area contributed by atoms with Gasteiger partial charge in [-0.15, -0.1) is 22.7 Å². The Morgan fingerprint density at radius 1 is 1.32 bits per heavy atom. The average molecular weight is 315 g/mol. The molecule has 1 N–H and O–H groups in total. The van der Waals surface area contributed by atoms with E-state index in [9.17, 15) is 0 Å². The van der Waals surface area contributed by atoms with Crippen molar-refractivity contribution >= 4 is 34.3 Å². The summed E-state index contributed by atoms with van der Waals surface area (Å²) < 4.78 is 0.851. The normalized spacial score (nSPS) is 13.1. The number of nitrogens with one attached hydrogen (secondary N) is 1. The van der Waals surface area contributed by atoms with E-state index in [4.69, 9.17) is 11.6 Å². The molecule has 2 rings (SSSR count). The van der Waals surface area contributed by atoms with Gasteiger partial charge in [0.25, 0.3) is 0 Å². The molecule has 19 heavy (non-hydrogen) atoms. The molecule has 2 heterocycles. The fourth-order valence-corrected chi connectivity index (χ4v) is 3.89. The van der Waals surface area contributed by atoms with Crippen LogP contribution in [-0.2, 0) is 0 Å². The first kappa shape index (κ1) is 15.0. The SMILES string of the molecule is CCN(C)CCNC(c1cccs1)c1ccc(Cl)s1. The Hall–Kier alpha value is -0.390. The van der Waals surface area contributed by atoms with E-state index in [1.807, 2.05) is 6.07 Å². The highest BCUT2D eigenvalue weighted by atomic mass is 35.5. The largest absolute Gasteiger partial charge is 0.305 e. The molecule has 0 spiro atoms. The van der Waals surface area contributed by atoms with Gasteiger partial charge in [0.05, 0.1) is 10.4 Å². The van der Waals surface area contributed by atoms with Crippen LogP contribution < -0.4 is 5.32 Å². The van der Waals surface area contributed by atoms with Gasteiger partial charge in [0.15, 0.2) is 0 Å². The quantitative estimate of drug-likeness (QED) is 0.828. The second-order valence-corrected chi connectivity index (χ2v) is 7.17. The third-order valence-electron chi connectivity index (χ3n) is 3.09. The highest BCUT2D eigenvalue weighted by Crippen LogP contribution is 2.32. The topological polar surface area (TPSA) is 15.3 Å². The van der Waals surface area contributed by atoms with Crippen LogP contribution in [0.2, 0.25) is 4.34 Å². The van der Waals surface area contributed by atoms with Crippen LogP contribution in [0.15, 0.2) is 29.6 Å². The number of thiophene rings is 2. The maximum atomic E-state index is 6.06. The van der Waals surface area contributed by atoms with Gasteiger partial charge in [0.1, 0.15) is 0 Å². The maximum Gasteiger partial charge on any atom is 0.0931 e. The molecule has 2 nitrogen and oxygen atoms in total. The molecule has 0 amide bonds. The molecule has 2 aromatic heterocycles. The van der Waals surface area contributed by atoms with Crippen LogP contribution in [0, 0.1) is 0 Å². The Bertz CT molecular complexity index is 481. The lowest BCUT2D eigenvalue weighted by atomic mass is 10.2. The second kappa shape index (κ2) is 7.41. The van der Waals surface area contributed by atoms with Crippen molar-refractivity contribution in [1.29, 1.82) is 0 Å². The fraction of sp³-hybridized carbons (Fsp3) is 0.429. The summed E-state index contributed by atoms with van der Waals surface area (Å²) in [5, 5.41) is 5.76. The van der Waals surface area contributed by atoms with E-state index >= 15 is 0 Å². The highest BCUT2D eigenvalue weighted by Gasteiger charge is 2.16. The molecule has 1 atom stereocenters. The molecule has 1 unspecified atom stereocenters. The van der Waals surface area contributed by atoms with E-state index < -0.39 is 0 Å². The number of hydrogen-bond donors (Lipinski definition) is 1. The van der Waals surface area contributed by atoms with E-state index in [-0.39, 0.29) is 6.04 Å². The molecule has 0 fully saturated rings. The average Bonchev–Trinajstić information content (AvgIpc) is 3.06. The van der Waals surface area contributed by atoms with Gasteiger partial charge in [-0.25, -0.2) is 0 Å². The predicted molar refractivity (Wildman–Crippen MR) is 86.7 cm³/mol. The summed E-state index contributed by atoms with van der Waals surface area (Å²) in [5.74, 6) is 0. The van der Waals surface area contributed by atoms with Crippen molar-refractivity contribution in [2.45, 2.75) is 13.0 Å². The number of halogens is 1. The van der Waals surface area contributed by atoms with Crippen molar-refractivity contribution in [1.82, 2.24) is 10.2 Å². The van der Waals surface area contributed by atoms with Crippen LogP contribution in [0.3, 0.4) is 0 Å². The zero-order chi connectivity index (χ0) is 13.7. The van der Waals surface area contributed by atoms with Gasteiger partial charge in [-0.05, 0) is 37.2 Å². The molecule has 0 aromatic carbocycles. The first-order chi connectivity index (χ1) is 9.20. The molecular weight excluding hydrogens is 296 g/mol. The van der Waals surface area contributed by atoms with Crippen LogP contribution >= 0.6 is 34.3 Å². The van der Waals surface area contributed by atoms with E-state index in [0.29, 0.717) is 0 Å². The highest BCUT2D eigenvalue weighted by molar-refractivity contribution is 7.16. The molecule has 104 valence electrons. The molecule has 0 radical (unpaired) electrons. The lowest BCUT2D eigenvalue weighted by molar-refractivity contribution is 0.345. The van der Waals surface area contributed by atoms with Crippen LogP contribution in [-0.4, -0.2) is 31.6 Å². The summed E-state index contributed by atoms with van der Waals surface area (Å²) in [5.41, 5.74) is 0. The van der Waals surface area contributed by atoms with Crippen molar-refractivity contribution in [3.8, 4) is 0 Å². The Morgan fingerprint density at radius 3 is 2.74 bits per heavy atom. The minimum Gasteiger partial charge on any atom is -0.305 e. The van der Waals surface area contributed by atoms with Gasteiger partial charge in [0.2, 0.25) is 0 Å². The zero-order valence-corrected chi connectivity index (χ0v) is 13.6. The van der Waals surface area contributed by atoms with Crippen molar-refractivity contribution in [2.75, 3.05) is 26.7 Å². The molecule has 5 heteroatoms. The lowest BCUT2D eigenvalue weighted by Gasteiger charge is -2.19. The molecule has 0 aliphatic rings. The second-order valence-electron chi connectivity index (χ2n) is 4.44. The standard InChI is InChI=1S/C14H19ClN2S2/c1-3-17(2)9-8-16-14(11-5-4-10-18-11)12-6-7-13(15)19-12/h4-7,10,14,16H,3,8-9H2,1-2H3. The molecule has 0 aliphatic heterocycles. The maximum absolute atomic E-state index is 6.06. The first-order valence-electron chi connectivity index (χ1n) is 6.41. The Labute approximate surface area is 128 Å². The Kier molecular flexibility index (Phi) is 5.85. The monoisotopic (exact) mass is 314 g/mol. The van der Waals surface area contributed by atoms with Crippen LogP contribution in [0.25, 0.3) is 0 Å². The first-order valence-corrected chi connectivity index (χ1v) is 8.48. The third-order valence-corrected chi connectivity index (χ3v) is 5.32. The Morgan fingerprint density at radius 2 is 2.16 bits per heavy atom. The molecule has 0 aliphatic carbocycles. The number of rotatable bonds is 7. The van der Waals surface area contributed by atoms with Crippen LogP contribution in [0.4, 0.5) is 0 Å². The summed E-state index contributed by atoms with van der Waals surface area (Å²) in [6.45, 7) is 5.28. The number of nitrogens with zero attached hydrogens (tertiary/aromatic N) is 1. The predicted octanol–water partition coefficient (Wildman–Crippen LogP) is 4.09. The summed E-state index contributed by atoms with van der Waals surface area (Å²) in [6.07, 6.45) is 0. The van der Waals surface area contributed by atoms with Gasteiger partial charge >= 0.3 is 0 Å². The minimum absolute atomic E-state index is 0.266. The smallest absolute Gasteiger partial charge is 0.0931 e. The lowest BCUT2D eigenvalue weighted by Crippen LogP contribution is -2.31. The minimum atomic E-state index is 0.266. The van der Waals surface area contributed by atoms with E-state index in [1.54, 1.807) is 22.7 Å². The molecule has 0 saturated heterocycles. The molecular formula is C14H19ClN2S2. The van der Waals surface area contributed by atoms with Crippen molar-refractivity contribution in [3.63, 3.8) is 0 Å². The molecule has 0 bridgehead atoms. The van der Waals surface area contributed by atoms with Gasteiger partial charge in [0, 0.05) is 22.8 Å². The molecule has 0 saturated carbocycles. The van der Waals surface area contributed by atoms with Gasteiger partial charge in [-0.3, -0.25) is 0 Å². The van der Waals surface area contributed by atoms with E-state index in [0.717, 1.165) is 24.0 Å². The number of hydrogen-bond acceptors (Lipinski definition) is 4. The fourth-order valence-electron chi connectivity index (χ4n) is 1.84. The van der Waals surface area contributed by atoms with Gasteiger partial charge in [-0.1, -0.05) is 24.6 Å².